The van der Waals surface area contributed by atoms with Crippen molar-refractivity contribution in [1.29, 1.82) is 0 Å². The third kappa shape index (κ3) is 4.06. The lowest BCUT2D eigenvalue weighted by molar-refractivity contribution is -0.00101. The van der Waals surface area contributed by atoms with Gasteiger partial charge in [0.1, 0.15) is 10.8 Å². The van der Waals surface area contributed by atoms with Gasteiger partial charge < -0.3 is 9.64 Å². The largest absolute Gasteiger partial charge is 0.444 e. The Bertz CT molecular complexity index is 467. The van der Waals surface area contributed by atoms with Gasteiger partial charge in [0, 0.05) is 19.3 Å². The number of hydrogen-bond donors (Lipinski definition) is 0. The van der Waals surface area contributed by atoms with Gasteiger partial charge in [-0.3, -0.25) is 4.98 Å². The Morgan fingerprint density at radius 2 is 2.16 bits per heavy atom. The summed E-state index contributed by atoms with van der Waals surface area (Å²) in [5.41, 5.74) is 0.419. The van der Waals surface area contributed by atoms with Crippen LogP contribution in [0.1, 0.15) is 26.5 Å². The topological polar surface area (TPSA) is 55.3 Å². The fourth-order valence-corrected chi connectivity index (χ4v) is 2.11. The number of nitrogens with zero attached hydrogens (tertiary/aromatic N) is 3. The zero-order valence-corrected chi connectivity index (χ0v) is 12.1. The molecule has 1 aromatic heterocycles. The van der Waals surface area contributed by atoms with Gasteiger partial charge in [0.05, 0.1) is 11.9 Å². The van der Waals surface area contributed by atoms with E-state index in [1.54, 1.807) is 11.1 Å². The summed E-state index contributed by atoms with van der Waals surface area (Å²) in [5, 5.41) is 0.404. The molecule has 0 unspecified atom stereocenters. The zero-order valence-electron chi connectivity index (χ0n) is 11.4. The predicted molar refractivity (Wildman–Crippen MR) is 72.0 cm³/mol. The van der Waals surface area contributed by atoms with E-state index in [1.807, 2.05) is 20.8 Å². The minimum absolute atomic E-state index is 0.249. The zero-order chi connectivity index (χ0) is 14.0. The number of halogens is 1. The molecular formula is C13H18ClN3O2. The van der Waals surface area contributed by atoms with Crippen molar-refractivity contribution in [2.75, 3.05) is 13.1 Å². The number of ether oxygens (including phenoxy) is 1. The van der Waals surface area contributed by atoms with Crippen molar-refractivity contribution in [1.82, 2.24) is 14.9 Å². The van der Waals surface area contributed by atoms with Gasteiger partial charge in [-0.2, -0.15) is 0 Å². The first-order valence-electron chi connectivity index (χ1n) is 6.28. The highest BCUT2D eigenvalue weighted by Crippen LogP contribution is 2.22. The van der Waals surface area contributed by atoms with Crippen molar-refractivity contribution in [2.45, 2.75) is 32.8 Å². The maximum atomic E-state index is 11.7. The highest BCUT2D eigenvalue weighted by Gasteiger charge is 2.33. The summed E-state index contributed by atoms with van der Waals surface area (Å²) in [4.78, 5) is 21.6. The van der Waals surface area contributed by atoms with Crippen LogP contribution in [-0.2, 0) is 11.2 Å². The van der Waals surface area contributed by atoms with Crippen LogP contribution in [0, 0.1) is 5.92 Å². The third-order valence-electron chi connectivity index (χ3n) is 2.76. The lowest BCUT2D eigenvalue weighted by Crippen LogP contribution is -2.52. The maximum Gasteiger partial charge on any atom is 0.410 e. The molecule has 2 heterocycles. The monoisotopic (exact) mass is 283 g/mol. The lowest BCUT2D eigenvalue weighted by Gasteiger charge is -2.39. The first-order valence-corrected chi connectivity index (χ1v) is 6.65. The van der Waals surface area contributed by atoms with Crippen molar-refractivity contribution in [3.63, 3.8) is 0 Å². The van der Waals surface area contributed by atoms with Crippen LogP contribution in [-0.4, -0.2) is 39.7 Å². The minimum Gasteiger partial charge on any atom is -0.444 e. The van der Waals surface area contributed by atoms with E-state index in [1.165, 1.54) is 6.20 Å². The van der Waals surface area contributed by atoms with Crippen LogP contribution < -0.4 is 0 Å². The number of likely N-dealkylation sites (tertiary alicyclic amines) is 1. The predicted octanol–water partition coefficient (Wildman–Crippen LogP) is 2.54. The number of carbonyl (C=O) groups excluding carboxylic acids is 1. The molecule has 1 amide bonds. The Morgan fingerprint density at radius 1 is 1.47 bits per heavy atom. The number of carbonyl (C=O) groups is 1. The van der Waals surface area contributed by atoms with Gasteiger partial charge in [-0.25, -0.2) is 9.78 Å². The Morgan fingerprint density at radius 3 is 2.74 bits per heavy atom. The highest BCUT2D eigenvalue weighted by molar-refractivity contribution is 6.29. The normalized spacial score (nSPS) is 16.1. The summed E-state index contributed by atoms with van der Waals surface area (Å²) >= 11 is 5.78. The van der Waals surface area contributed by atoms with Crippen LogP contribution in [0.25, 0.3) is 0 Å². The van der Waals surface area contributed by atoms with Crippen LogP contribution in [0.5, 0.6) is 0 Å². The average molecular weight is 284 g/mol. The first-order chi connectivity index (χ1) is 8.83. The van der Waals surface area contributed by atoms with Gasteiger partial charge in [0.2, 0.25) is 0 Å². The van der Waals surface area contributed by atoms with Crippen LogP contribution in [0.2, 0.25) is 5.15 Å². The molecule has 19 heavy (non-hydrogen) atoms. The van der Waals surface area contributed by atoms with E-state index in [0.29, 0.717) is 24.2 Å². The summed E-state index contributed by atoms with van der Waals surface area (Å²) < 4.78 is 5.30. The van der Waals surface area contributed by atoms with Crippen molar-refractivity contribution in [2.24, 2.45) is 5.92 Å². The van der Waals surface area contributed by atoms with Crippen LogP contribution in [0.3, 0.4) is 0 Å². The number of amides is 1. The molecule has 1 aromatic rings. The number of aromatic nitrogens is 2. The molecule has 1 saturated heterocycles. The fourth-order valence-electron chi connectivity index (χ4n) is 1.95. The average Bonchev–Trinajstić information content (AvgIpc) is 2.20. The van der Waals surface area contributed by atoms with Gasteiger partial charge in [-0.1, -0.05) is 11.6 Å². The first kappa shape index (κ1) is 14.1. The van der Waals surface area contributed by atoms with E-state index >= 15 is 0 Å². The SMILES string of the molecule is CC(C)(C)OC(=O)N1CC(Cc2cncc(Cl)n2)C1. The maximum absolute atomic E-state index is 11.7. The molecule has 2 rings (SSSR count). The second-order valence-electron chi connectivity index (χ2n) is 5.79. The molecule has 1 aliphatic rings. The molecular weight excluding hydrogens is 266 g/mol. The van der Waals surface area contributed by atoms with Crippen molar-refractivity contribution in [3.8, 4) is 0 Å². The molecule has 0 saturated carbocycles. The fraction of sp³-hybridized carbons (Fsp3) is 0.615. The summed E-state index contributed by atoms with van der Waals surface area (Å²) in [5.74, 6) is 0.403. The Labute approximate surface area is 117 Å². The van der Waals surface area contributed by atoms with Gasteiger partial charge in [-0.05, 0) is 33.1 Å². The van der Waals surface area contributed by atoms with E-state index in [4.69, 9.17) is 16.3 Å². The summed E-state index contributed by atoms with van der Waals surface area (Å²) in [6.45, 7) is 6.99. The van der Waals surface area contributed by atoms with E-state index in [9.17, 15) is 4.79 Å². The van der Waals surface area contributed by atoms with E-state index in [-0.39, 0.29) is 6.09 Å². The van der Waals surface area contributed by atoms with Crippen molar-refractivity contribution < 1.29 is 9.53 Å². The van der Waals surface area contributed by atoms with Gasteiger partial charge in [0.15, 0.2) is 0 Å². The standard InChI is InChI=1S/C13H18ClN3O2/c1-13(2,3)19-12(18)17-7-9(8-17)4-10-5-15-6-11(14)16-10/h5-6,9H,4,7-8H2,1-3H3. The lowest BCUT2D eigenvalue weighted by atomic mass is 9.95. The van der Waals surface area contributed by atoms with Crippen LogP contribution >= 0.6 is 11.6 Å². The minimum atomic E-state index is -0.444. The Kier molecular flexibility index (Phi) is 3.94. The van der Waals surface area contributed by atoms with Gasteiger partial charge in [0.25, 0.3) is 0 Å². The smallest absolute Gasteiger partial charge is 0.410 e. The van der Waals surface area contributed by atoms with Crippen molar-refractivity contribution >= 4 is 17.7 Å². The second-order valence-corrected chi connectivity index (χ2v) is 6.18. The van der Waals surface area contributed by atoms with Crippen molar-refractivity contribution in [3.05, 3.63) is 23.2 Å². The second kappa shape index (κ2) is 5.33. The number of hydrogen-bond acceptors (Lipinski definition) is 4. The molecule has 0 radical (unpaired) electrons. The molecule has 0 aliphatic carbocycles. The summed E-state index contributed by atoms with van der Waals surface area (Å²) in [7, 11) is 0. The van der Waals surface area contributed by atoms with Crippen LogP contribution in [0.4, 0.5) is 4.79 Å². The Hall–Kier alpha value is -1.36. The Balaban J connectivity index is 1.79. The summed E-state index contributed by atoms with van der Waals surface area (Å²) in [6, 6.07) is 0. The van der Waals surface area contributed by atoms with Crippen LogP contribution in [0.15, 0.2) is 12.4 Å². The molecule has 0 atom stereocenters. The summed E-state index contributed by atoms with van der Waals surface area (Å²) in [6.07, 6.45) is 3.76. The highest BCUT2D eigenvalue weighted by atomic mass is 35.5. The molecule has 0 N–H and O–H groups in total. The third-order valence-corrected chi connectivity index (χ3v) is 2.94. The molecule has 1 fully saturated rings. The van der Waals surface area contributed by atoms with E-state index in [0.717, 1.165) is 12.1 Å². The van der Waals surface area contributed by atoms with E-state index < -0.39 is 5.60 Å². The molecule has 104 valence electrons. The van der Waals surface area contributed by atoms with Gasteiger partial charge in [-0.15, -0.1) is 0 Å². The molecule has 1 aliphatic heterocycles. The number of rotatable bonds is 2. The molecule has 0 spiro atoms. The molecule has 0 bridgehead atoms. The quantitative estimate of drug-likeness (QED) is 0.837. The molecule has 6 heteroatoms. The van der Waals surface area contributed by atoms with Gasteiger partial charge >= 0.3 is 6.09 Å². The molecule has 5 nitrogen and oxygen atoms in total. The van der Waals surface area contributed by atoms with E-state index in [2.05, 4.69) is 9.97 Å². The molecule has 0 aromatic carbocycles.